The van der Waals surface area contributed by atoms with E-state index < -0.39 is 0 Å². The first-order chi connectivity index (χ1) is 12.5. The number of rotatable bonds is 5. The molecule has 0 saturated carbocycles. The molecule has 1 amide bonds. The minimum atomic E-state index is 0.0406. The summed E-state index contributed by atoms with van der Waals surface area (Å²) in [5, 5.41) is 8.75. The van der Waals surface area contributed by atoms with Crippen LogP contribution in [0.1, 0.15) is 13.8 Å². The van der Waals surface area contributed by atoms with Crippen LogP contribution in [0.3, 0.4) is 0 Å². The Balaban J connectivity index is 1.68. The highest BCUT2D eigenvalue weighted by molar-refractivity contribution is 7.99. The van der Waals surface area contributed by atoms with Gasteiger partial charge in [0.15, 0.2) is 5.82 Å². The Morgan fingerprint density at radius 1 is 1.31 bits per heavy atom. The van der Waals surface area contributed by atoms with Crippen LogP contribution in [0.15, 0.2) is 29.4 Å². The fourth-order valence-corrected chi connectivity index (χ4v) is 3.75. The Morgan fingerprint density at radius 3 is 2.69 bits per heavy atom. The molecule has 1 aromatic heterocycles. The van der Waals surface area contributed by atoms with Gasteiger partial charge in [-0.25, -0.2) is 4.68 Å². The zero-order valence-electron chi connectivity index (χ0n) is 15.1. The van der Waals surface area contributed by atoms with Crippen molar-refractivity contribution in [3.63, 3.8) is 0 Å². The molecule has 0 aliphatic carbocycles. The van der Waals surface area contributed by atoms with E-state index in [0.29, 0.717) is 29.8 Å². The number of nitrogens with zero attached hydrogens (tertiary/aromatic N) is 4. The SMILES string of the molecule is COc1ccccc1-c1nnc(SCC(=O)N2CC(C)OC(C)C2)n1N. The minimum Gasteiger partial charge on any atom is -0.496 e. The number of nitrogens with two attached hydrogens (primary N) is 1. The molecule has 2 unspecified atom stereocenters. The largest absolute Gasteiger partial charge is 0.496 e. The molecule has 2 atom stereocenters. The van der Waals surface area contributed by atoms with E-state index in [9.17, 15) is 4.79 Å². The van der Waals surface area contributed by atoms with Crippen molar-refractivity contribution in [2.75, 3.05) is 31.8 Å². The van der Waals surface area contributed by atoms with Gasteiger partial charge in [-0.15, -0.1) is 10.2 Å². The number of nitrogen functional groups attached to an aromatic ring is 1. The van der Waals surface area contributed by atoms with Crippen molar-refractivity contribution >= 4 is 17.7 Å². The quantitative estimate of drug-likeness (QED) is 0.621. The van der Waals surface area contributed by atoms with Gasteiger partial charge in [0.1, 0.15) is 5.75 Å². The van der Waals surface area contributed by atoms with Crippen molar-refractivity contribution in [2.45, 2.75) is 31.2 Å². The summed E-state index contributed by atoms with van der Waals surface area (Å²) in [6, 6.07) is 7.45. The lowest BCUT2D eigenvalue weighted by atomic mass is 10.2. The average Bonchev–Trinajstić information content (AvgIpc) is 2.99. The van der Waals surface area contributed by atoms with Crippen molar-refractivity contribution in [2.24, 2.45) is 0 Å². The zero-order valence-corrected chi connectivity index (χ0v) is 15.9. The normalized spacial score (nSPS) is 20.2. The second-order valence-electron chi connectivity index (χ2n) is 6.22. The van der Waals surface area contributed by atoms with Crippen molar-refractivity contribution < 1.29 is 14.3 Å². The molecule has 2 N–H and O–H groups in total. The molecule has 0 bridgehead atoms. The summed E-state index contributed by atoms with van der Waals surface area (Å²) >= 11 is 1.27. The van der Waals surface area contributed by atoms with E-state index in [1.165, 1.54) is 16.4 Å². The second kappa shape index (κ2) is 7.96. The number of benzene rings is 1. The topological polar surface area (TPSA) is 95.5 Å². The van der Waals surface area contributed by atoms with Gasteiger partial charge in [0.25, 0.3) is 0 Å². The van der Waals surface area contributed by atoms with Crippen LogP contribution in [0.5, 0.6) is 5.75 Å². The van der Waals surface area contributed by atoms with E-state index in [-0.39, 0.29) is 23.9 Å². The lowest BCUT2D eigenvalue weighted by molar-refractivity contribution is -0.140. The third-order valence-electron chi connectivity index (χ3n) is 4.11. The molecule has 1 saturated heterocycles. The monoisotopic (exact) mass is 377 g/mol. The number of thioether (sulfide) groups is 1. The molecule has 1 aromatic carbocycles. The molecule has 2 heterocycles. The molecule has 1 aliphatic rings. The number of hydrogen-bond acceptors (Lipinski definition) is 7. The van der Waals surface area contributed by atoms with Crippen LogP contribution in [0.4, 0.5) is 0 Å². The maximum Gasteiger partial charge on any atom is 0.233 e. The number of carbonyl (C=O) groups is 1. The van der Waals surface area contributed by atoms with Crippen LogP contribution in [0.25, 0.3) is 11.4 Å². The van der Waals surface area contributed by atoms with Gasteiger partial charge in [0, 0.05) is 13.1 Å². The molecule has 0 radical (unpaired) electrons. The van der Waals surface area contributed by atoms with Gasteiger partial charge in [-0.05, 0) is 26.0 Å². The Hall–Kier alpha value is -2.26. The lowest BCUT2D eigenvalue weighted by Gasteiger charge is -2.35. The van der Waals surface area contributed by atoms with E-state index >= 15 is 0 Å². The fraction of sp³-hybridized carbons (Fsp3) is 0.471. The van der Waals surface area contributed by atoms with Gasteiger partial charge in [-0.1, -0.05) is 23.9 Å². The predicted molar refractivity (Wildman–Crippen MR) is 99.5 cm³/mol. The Kier molecular flexibility index (Phi) is 5.67. The second-order valence-corrected chi connectivity index (χ2v) is 7.16. The van der Waals surface area contributed by atoms with Crippen LogP contribution in [0.2, 0.25) is 0 Å². The van der Waals surface area contributed by atoms with Gasteiger partial charge in [0.05, 0.1) is 30.6 Å². The van der Waals surface area contributed by atoms with Gasteiger partial charge < -0.3 is 20.2 Å². The van der Waals surface area contributed by atoms with E-state index in [4.69, 9.17) is 15.3 Å². The van der Waals surface area contributed by atoms with E-state index in [2.05, 4.69) is 10.2 Å². The highest BCUT2D eigenvalue weighted by atomic mass is 32.2. The maximum absolute atomic E-state index is 12.5. The summed E-state index contributed by atoms with van der Waals surface area (Å²) in [7, 11) is 1.59. The predicted octanol–water partition coefficient (Wildman–Crippen LogP) is 1.40. The highest BCUT2D eigenvalue weighted by Gasteiger charge is 2.26. The number of aromatic nitrogens is 3. The van der Waals surface area contributed by atoms with E-state index in [0.717, 1.165) is 5.56 Å². The Morgan fingerprint density at radius 2 is 2.00 bits per heavy atom. The third kappa shape index (κ3) is 3.94. The van der Waals surface area contributed by atoms with E-state index in [1.807, 2.05) is 43.0 Å². The van der Waals surface area contributed by atoms with Gasteiger partial charge in [0.2, 0.25) is 11.1 Å². The summed E-state index contributed by atoms with van der Waals surface area (Å²) in [5.74, 6) is 7.58. The van der Waals surface area contributed by atoms with Crippen LogP contribution in [-0.4, -0.2) is 63.8 Å². The van der Waals surface area contributed by atoms with Gasteiger partial charge in [-0.3, -0.25) is 4.79 Å². The number of methoxy groups -OCH3 is 1. The van der Waals surface area contributed by atoms with Gasteiger partial charge in [-0.2, -0.15) is 0 Å². The smallest absolute Gasteiger partial charge is 0.233 e. The molecule has 0 spiro atoms. The number of ether oxygens (including phenoxy) is 2. The molecular formula is C17H23N5O3S. The number of hydrogen-bond donors (Lipinski definition) is 1. The highest BCUT2D eigenvalue weighted by Crippen LogP contribution is 2.29. The third-order valence-corrected chi connectivity index (χ3v) is 5.04. The first kappa shape index (κ1) is 18.5. The number of morpholine rings is 1. The summed E-state index contributed by atoms with van der Waals surface area (Å²) < 4.78 is 12.4. The Labute approximate surface area is 156 Å². The van der Waals surface area contributed by atoms with Crippen molar-refractivity contribution in [1.82, 2.24) is 19.8 Å². The summed E-state index contributed by atoms with van der Waals surface area (Å²) in [6.45, 7) is 5.15. The summed E-state index contributed by atoms with van der Waals surface area (Å²) in [4.78, 5) is 14.3. The van der Waals surface area contributed by atoms with Crippen LogP contribution in [-0.2, 0) is 9.53 Å². The van der Waals surface area contributed by atoms with Gasteiger partial charge >= 0.3 is 0 Å². The average molecular weight is 377 g/mol. The van der Waals surface area contributed by atoms with Crippen LogP contribution in [0, 0.1) is 0 Å². The van der Waals surface area contributed by atoms with Crippen molar-refractivity contribution in [3.05, 3.63) is 24.3 Å². The standard InChI is InChI=1S/C17H23N5O3S/c1-11-8-21(9-12(2)25-11)15(23)10-26-17-20-19-16(22(17)18)13-6-4-5-7-14(13)24-3/h4-7,11-12H,8-10,18H2,1-3H3. The van der Waals surface area contributed by atoms with Crippen LogP contribution < -0.4 is 10.6 Å². The first-order valence-electron chi connectivity index (χ1n) is 8.39. The summed E-state index contributed by atoms with van der Waals surface area (Å²) in [6.07, 6.45) is 0.0889. The molecule has 1 aliphatic heterocycles. The molecule has 26 heavy (non-hydrogen) atoms. The molecule has 2 aromatic rings. The minimum absolute atomic E-state index is 0.0406. The lowest BCUT2D eigenvalue weighted by Crippen LogP contribution is -2.48. The molecule has 1 fully saturated rings. The number of para-hydroxylation sites is 1. The zero-order chi connectivity index (χ0) is 18.7. The number of amides is 1. The molecule has 8 nitrogen and oxygen atoms in total. The molecule has 140 valence electrons. The van der Waals surface area contributed by atoms with Crippen molar-refractivity contribution in [1.29, 1.82) is 0 Å². The summed E-state index contributed by atoms with van der Waals surface area (Å²) in [5.41, 5.74) is 0.749. The van der Waals surface area contributed by atoms with Crippen molar-refractivity contribution in [3.8, 4) is 17.1 Å². The first-order valence-corrected chi connectivity index (χ1v) is 9.38. The maximum atomic E-state index is 12.5. The number of carbonyl (C=O) groups excluding carboxylic acids is 1. The molecular weight excluding hydrogens is 354 g/mol. The molecule has 9 heteroatoms. The van der Waals surface area contributed by atoms with Crippen LogP contribution >= 0.6 is 11.8 Å². The fourth-order valence-electron chi connectivity index (χ4n) is 2.99. The Bertz CT molecular complexity index is 772. The van der Waals surface area contributed by atoms with E-state index in [1.54, 1.807) is 7.11 Å². The molecule has 3 rings (SSSR count).